The maximum absolute atomic E-state index is 13.8. The number of non-ortho nitro benzene ring substituents is 1. The number of piperazine rings is 2. The zero-order valence-electron chi connectivity index (χ0n) is 37.1. The standard InChI is InChI=1S/C47H62N6O10/c1-35-43(46(54)62-30-10-28-60-32-26-49-18-22-51(23-19-49)39-14-5-7-16-41(39)58-3)45(37-12-9-13-38(34-37)53(56)57)44(36(2)48-35)47(55)63-31-11-29-61-33-27-50-20-24-52(25-21-50)40-15-6-8-17-42(40)59-4/h5-9,12-17,34,45,48H,10-11,18-33H2,1-4H3. The van der Waals surface area contributed by atoms with Crippen LogP contribution in [0.4, 0.5) is 17.1 Å². The highest BCUT2D eigenvalue weighted by Crippen LogP contribution is 2.40. The summed E-state index contributed by atoms with van der Waals surface area (Å²) >= 11 is 0. The lowest BCUT2D eigenvalue weighted by Gasteiger charge is -2.36. The quantitative estimate of drug-likeness (QED) is 0.0593. The van der Waals surface area contributed by atoms with E-state index in [4.69, 9.17) is 28.4 Å². The summed E-state index contributed by atoms with van der Waals surface area (Å²) in [4.78, 5) is 48.3. The second kappa shape index (κ2) is 23.7. The summed E-state index contributed by atoms with van der Waals surface area (Å²) in [5.41, 5.74) is 3.81. The van der Waals surface area contributed by atoms with E-state index in [2.05, 4.69) is 37.0 Å². The lowest BCUT2D eigenvalue weighted by molar-refractivity contribution is -0.384. The molecular weight excluding hydrogens is 809 g/mol. The number of dihydropyridines is 1. The van der Waals surface area contributed by atoms with Crippen LogP contribution in [0.1, 0.15) is 38.2 Å². The molecule has 0 amide bonds. The summed E-state index contributed by atoms with van der Waals surface area (Å²) in [6.45, 7) is 14.4. The monoisotopic (exact) mass is 870 g/mol. The molecule has 0 aliphatic carbocycles. The van der Waals surface area contributed by atoms with E-state index in [1.54, 1.807) is 40.2 Å². The van der Waals surface area contributed by atoms with Crippen LogP contribution in [0.5, 0.6) is 11.5 Å². The second-order valence-electron chi connectivity index (χ2n) is 15.7. The van der Waals surface area contributed by atoms with Gasteiger partial charge in [0.15, 0.2) is 0 Å². The van der Waals surface area contributed by atoms with Crippen molar-refractivity contribution in [3.05, 3.63) is 111 Å². The minimum absolute atomic E-state index is 0.0937. The van der Waals surface area contributed by atoms with Gasteiger partial charge in [-0.2, -0.15) is 0 Å². The van der Waals surface area contributed by atoms with Crippen LogP contribution in [0.2, 0.25) is 0 Å². The molecule has 63 heavy (non-hydrogen) atoms. The molecule has 0 aromatic heterocycles. The van der Waals surface area contributed by atoms with Crippen LogP contribution in [-0.4, -0.2) is 146 Å². The van der Waals surface area contributed by atoms with E-state index in [-0.39, 0.29) is 30.0 Å². The molecule has 1 N–H and O–H groups in total. The number of nitro groups is 1. The van der Waals surface area contributed by atoms with Crippen LogP contribution in [0, 0.1) is 10.1 Å². The fraction of sp³-hybridized carbons (Fsp3) is 0.489. The molecule has 0 bridgehead atoms. The Morgan fingerprint density at radius 1 is 0.635 bits per heavy atom. The lowest BCUT2D eigenvalue weighted by atomic mass is 9.80. The highest BCUT2D eigenvalue weighted by atomic mass is 16.6. The third-order valence-corrected chi connectivity index (χ3v) is 11.6. The number of anilines is 2. The van der Waals surface area contributed by atoms with Crippen molar-refractivity contribution in [1.29, 1.82) is 0 Å². The number of hydrogen-bond donors (Lipinski definition) is 1. The molecule has 0 radical (unpaired) electrons. The number of para-hydroxylation sites is 4. The van der Waals surface area contributed by atoms with Crippen molar-refractivity contribution < 1.29 is 42.9 Å². The Labute approximate surface area is 370 Å². The fourth-order valence-electron chi connectivity index (χ4n) is 8.29. The van der Waals surface area contributed by atoms with Crippen molar-refractivity contribution in [2.45, 2.75) is 32.6 Å². The van der Waals surface area contributed by atoms with Crippen molar-refractivity contribution in [1.82, 2.24) is 15.1 Å². The van der Waals surface area contributed by atoms with Gasteiger partial charge in [0.2, 0.25) is 0 Å². The van der Waals surface area contributed by atoms with E-state index in [0.717, 1.165) is 88.3 Å². The van der Waals surface area contributed by atoms with Gasteiger partial charge < -0.3 is 43.5 Å². The third kappa shape index (κ3) is 12.7. The number of benzene rings is 3. The Hall–Kier alpha value is -5.68. The van der Waals surface area contributed by atoms with Crippen molar-refractivity contribution in [3.8, 4) is 11.5 Å². The van der Waals surface area contributed by atoms with Crippen LogP contribution in [-0.2, 0) is 28.5 Å². The summed E-state index contributed by atoms with van der Waals surface area (Å²) in [7, 11) is 3.39. The Bertz CT molecular complexity index is 1950. The van der Waals surface area contributed by atoms with Gasteiger partial charge in [0.05, 0.1) is 74.0 Å². The van der Waals surface area contributed by atoms with Gasteiger partial charge in [-0.3, -0.25) is 19.9 Å². The average molecular weight is 871 g/mol. The van der Waals surface area contributed by atoms with Crippen molar-refractivity contribution in [2.24, 2.45) is 0 Å². The van der Waals surface area contributed by atoms with Gasteiger partial charge in [0.1, 0.15) is 11.5 Å². The summed E-state index contributed by atoms with van der Waals surface area (Å²) in [5, 5.41) is 15.0. The Morgan fingerprint density at radius 3 is 1.54 bits per heavy atom. The maximum atomic E-state index is 13.8. The van der Waals surface area contributed by atoms with Crippen LogP contribution in [0.3, 0.4) is 0 Å². The molecule has 3 aliphatic heterocycles. The summed E-state index contributed by atoms with van der Waals surface area (Å²) in [5.74, 6) is -0.456. The molecule has 6 rings (SSSR count). The van der Waals surface area contributed by atoms with E-state index in [1.165, 1.54) is 12.1 Å². The van der Waals surface area contributed by atoms with Crippen LogP contribution in [0.15, 0.2) is 95.3 Å². The lowest BCUT2D eigenvalue weighted by Crippen LogP contribution is -2.47. The Kier molecular flexibility index (Phi) is 17.6. The zero-order chi connectivity index (χ0) is 44.6. The minimum Gasteiger partial charge on any atom is -0.495 e. The topological polar surface area (TPSA) is 158 Å². The normalized spacial score (nSPS) is 16.5. The summed E-state index contributed by atoms with van der Waals surface area (Å²) in [6, 6.07) is 22.1. The number of ether oxygens (including phenoxy) is 6. The highest BCUT2D eigenvalue weighted by molar-refractivity contribution is 6.00. The predicted octanol–water partition coefficient (Wildman–Crippen LogP) is 5.39. The number of carbonyl (C=O) groups is 2. The fourth-order valence-corrected chi connectivity index (χ4v) is 8.29. The van der Waals surface area contributed by atoms with E-state index in [9.17, 15) is 19.7 Å². The molecule has 16 heteroatoms. The number of hydrogen-bond acceptors (Lipinski definition) is 15. The molecule has 0 saturated carbocycles. The van der Waals surface area contributed by atoms with E-state index >= 15 is 0 Å². The third-order valence-electron chi connectivity index (χ3n) is 11.6. The zero-order valence-corrected chi connectivity index (χ0v) is 37.1. The van der Waals surface area contributed by atoms with Gasteiger partial charge in [0, 0.05) is 115 Å². The molecule has 2 saturated heterocycles. The number of rotatable bonds is 22. The first-order valence-electron chi connectivity index (χ1n) is 21.8. The Balaban J connectivity index is 0.936. The number of esters is 2. The first kappa shape index (κ1) is 46.8. The first-order chi connectivity index (χ1) is 30.7. The maximum Gasteiger partial charge on any atom is 0.336 e. The van der Waals surface area contributed by atoms with Gasteiger partial charge in [-0.15, -0.1) is 0 Å². The number of nitro benzene ring substituents is 1. The van der Waals surface area contributed by atoms with Gasteiger partial charge >= 0.3 is 11.9 Å². The largest absolute Gasteiger partial charge is 0.495 e. The van der Waals surface area contributed by atoms with Crippen molar-refractivity contribution in [3.63, 3.8) is 0 Å². The predicted molar refractivity (Wildman–Crippen MR) is 240 cm³/mol. The molecular formula is C47H62N6O10. The average Bonchev–Trinajstić information content (AvgIpc) is 3.30. The Morgan fingerprint density at radius 2 is 1.10 bits per heavy atom. The number of methoxy groups -OCH3 is 2. The van der Waals surface area contributed by atoms with Gasteiger partial charge in [-0.25, -0.2) is 9.59 Å². The van der Waals surface area contributed by atoms with E-state index < -0.39 is 22.8 Å². The molecule has 3 aliphatic rings. The molecule has 0 unspecified atom stereocenters. The molecule has 340 valence electrons. The van der Waals surface area contributed by atoms with Crippen molar-refractivity contribution in [2.75, 3.05) is 129 Å². The van der Waals surface area contributed by atoms with E-state index in [1.807, 2.05) is 36.4 Å². The number of nitrogens with zero attached hydrogens (tertiary/aromatic N) is 5. The van der Waals surface area contributed by atoms with Crippen LogP contribution in [0.25, 0.3) is 0 Å². The number of carbonyl (C=O) groups excluding carboxylic acids is 2. The molecule has 3 aromatic rings. The van der Waals surface area contributed by atoms with Gasteiger partial charge in [0.25, 0.3) is 5.69 Å². The number of allylic oxidation sites excluding steroid dienone is 2. The minimum atomic E-state index is -0.953. The SMILES string of the molecule is COc1ccccc1N1CCN(CCOCCCOC(=O)C2=C(C)NC(C)=C(C(=O)OCCCOCCN3CCN(c4ccccc4OC)CC3)C2c2cccc([N+](=O)[O-])c2)CC1. The summed E-state index contributed by atoms with van der Waals surface area (Å²) < 4.78 is 34.4. The molecule has 0 spiro atoms. The van der Waals surface area contributed by atoms with Crippen molar-refractivity contribution >= 4 is 29.0 Å². The number of nitrogens with one attached hydrogen (secondary N) is 1. The summed E-state index contributed by atoms with van der Waals surface area (Å²) in [6.07, 6.45) is 0.946. The van der Waals surface area contributed by atoms with Gasteiger partial charge in [-0.05, 0) is 43.7 Å². The molecule has 3 heterocycles. The smallest absolute Gasteiger partial charge is 0.336 e. The van der Waals surface area contributed by atoms with Crippen LogP contribution < -0.4 is 24.6 Å². The highest BCUT2D eigenvalue weighted by Gasteiger charge is 2.38. The van der Waals surface area contributed by atoms with Gasteiger partial charge in [-0.1, -0.05) is 36.4 Å². The van der Waals surface area contributed by atoms with Crippen LogP contribution >= 0.6 is 0 Å². The molecule has 0 atom stereocenters. The molecule has 2 fully saturated rings. The first-order valence-corrected chi connectivity index (χ1v) is 21.8. The van der Waals surface area contributed by atoms with E-state index in [0.29, 0.717) is 56.2 Å². The molecule has 3 aromatic carbocycles. The second-order valence-corrected chi connectivity index (χ2v) is 15.7. The molecule has 16 nitrogen and oxygen atoms in total.